The lowest BCUT2D eigenvalue weighted by atomic mass is 10.1. The van der Waals surface area contributed by atoms with Gasteiger partial charge in [0.2, 0.25) is 0 Å². The summed E-state index contributed by atoms with van der Waals surface area (Å²) >= 11 is 0. The van der Waals surface area contributed by atoms with Crippen LogP contribution in [0.3, 0.4) is 0 Å². The first-order chi connectivity index (χ1) is 10.8. The molecule has 0 aromatic heterocycles. The molecule has 1 aromatic rings. The molecule has 0 spiro atoms. The maximum Gasteiger partial charge on any atom is 0.416 e. The maximum absolute atomic E-state index is 12.5. The van der Waals surface area contributed by atoms with Crippen molar-refractivity contribution in [1.29, 1.82) is 0 Å². The van der Waals surface area contributed by atoms with E-state index in [0.29, 0.717) is 29.6 Å². The van der Waals surface area contributed by atoms with Crippen molar-refractivity contribution in [3.8, 4) is 0 Å². The molecule has 0 bridgehead atoms. The Morgan fingerprint density at radius 3 is 2.26 bits per heavy atom. The van der Waals surface area contributed by atoms with E-state index in [0.717, 1.165) is 12.1 Å². The zero-order valence-corrected chi connectivity index (χ0v) is 12.9. The van der Waals surface area contributed by atoms with Crippen LogP contribution in [0.25, 0.3) is 6.08 Å². The van der Waals surface area contributed by atoms with Gasteiger partial charge in [0.25, 0.3) is 0 Å². The molecular formula is C17H17F3N2O. The summed E-state index contributed by atoms with van der Waals surface area (Å²) in [5, 5.41) is 5.64. The van der Waals surface area contributed by atoms with Crippen LogP contribution in [0.15, 0.2) is 46.6 Å². The average molecular weight is 322 g/mol. The third-order valence-electron chi connectivity index (χ3n) is 3.40. The molecular weight excluding hydrogens is 305 g/mol. The Labute approximate surface area is 132 Å². The summed E-state index contributed by atoms with van der Waals surface area (Å²) < 4.78 is 37.6. The van der Waals surface area contributed by atoms with E-state index in [1.165, 1.54) is 12.1 Å². The van der Waals surface area contributed by atoms with Crippen molar-refractivity contribution in [3.63, 3.8) is 0 Å². The first kappa shape index (κ1) is 17.0. The van der Waals surface area contributed by atoms with Gasteiger partial charge in [0.1, 0.15) is 0 Å². The number of benzene rings is 1. The predicted octanol–water partition coefficient (Wildman–Crippen LogP) is 3.93. The summed E-state index contributed by atoms with van der Waals surface area (Å²) in [6.07, 6.45) is 1.74. The SMILES string of the molecule is CN(C)/N=C\C=C1/CC/C(=C\c2ccc(C(F)(F)F)cc2)C1=O. The van der Waals surface area contributed by atoms with Crippen molar-refractivity contribution in [3.05, 3.63) is 52.6 Å². The molecule has 1 fully saturated rings. The molecule has 2 rings (SSSR count). The summed E-state index contributed by atoms with van der Waals surface area (Å²) in [4.78, 5) is 12.2. The molecule has 0 heterocycles. The number of carbonyl (C=O) groups excluding carboxylic acids is 1. The Morgan fingerprint density at radius 1 is 1.09 bits per heavy atom. The molecule has 1 aliphatic rings. The van der Waals surface area contributed by atoms with E-state index in [1.807, 2.05) is 0 Å². The Hall–Kier alpha value is -2.37. The van der Waals surface area contributed by atoms with Gasteiger partial charge in [0.15, 0.2) is 5.78 Å². The van der Waals surface area contributed by atoms with Crippen LogP contribution in [0.2, 0.25) is 0 Å². The highest BCUT2D eigenvalue weighted by Crippen LogP contribution is 2.31. The van der Waals surface area contributed by atoms with Crippen LogP contribution in [0.1, 0.15) is 24.0 Å². The molecule has 1 saturated carbocycles. The second-order valence-electron chi connectivity index (χ2n) is 5.42. The fourth-order valence-corrected chi connectivity index (χ4v) is 2.23. The first-order valence-electron chi connectivity index (χ1n) is 7.10. The number of hydrogen-bond acceptors (Lipinski definition) is 3. The molecule has 0 aliphatic heterocycles. The Kier molecular flexibility index (Phi) is 5.03. The Balaban J connectivity index is 2.14. The van der Waals surface area contributed by atoms with Gasteiger partial charge in [-0.3, -0.25) is 4.79 Å². The lowest BCUT2D eigenvalue weighted by Gasteiger charge is -2.06. The zero-order chi connectivity index (χ0) is 17.0. The summed E-state index contributed by atoms with van der Waals surface area (Å²) in [6.45, 7) is 0. The fourth-order valence-electron chi connectivity index (χ4n) is 2.23. The molecule has 23 heavy (non-hydrogen) atoms. The van der Waals surface area contributed by atoms with Gasteiger partial charge in [-0.25, -0.2) is 0 Å². The van der Waals surface area contributed by atoms with E-state index in [4.69, 9.17) is 0 Å². The van der Waals surface area contributed by atoms with Crippen molar-refractivity contribution in [2.24, 2.45) is 5.10 Å². The van der Waals surface area contributed by atoms with Crippen LogP contribution in [0, 0.1) is 0 Å². The minimum absolute atomic E-state index is 0.0740. The van der Waals surface area contributed by atoms with Crippen LogP contribution in [-0.4, -0.2) is 31.1 Å². The minimum Gasteiger partial charge on any atom is -0.303 e. The van der Waals surface area contributed by atoms with Crippen LogP contribution >= 0.6 is 0 Å². The number of hydrogen-bond donors (Lipinski definition) is 0. The lowest BCUT2D eigenvalue weighted by Crippen LogP contribution is -2.04. The number of hydrazone groups is 1. The van der Waals surface area contributed by atoms with Gasteiger partial charge >= 0.3 is 6.18 Å². The number of Topliss-reactive ketones (excluding diaryl/α,β-unsaturated/α-hetero) is 1. The molecule has 6 heteroatoms. The zero-order valence-electron chi connectivity index (χ0n) is 12.9. The molecule has 0 radical (unpaired) electrons. The summed E-state index contributed by atoms with van der Waals surface area (Å²) in [6, 6.07) is 4.79. The standard InChI is InChI=1S/C17H17F3N2O/c1-22(2)21-10-9-13-5-6-14(16(13)23)11-12-3-7-15(8-4-12)17(18,19)20/h3-4,7-11H,5-6H2,1-2H3/b13-9+,14-11+,21-10-. The Bertz CT molecular complexity index is 668. The number of ketones is 1. The van der Waals surface area contributed by atoms with E-state index in [9.17, 15) is 18.0 Å². The van der Waals surface area contributed by atoms with Crippen molar-refractivity contribution < 1.29 is 18.0 Å². The highest BCUT2D eigenvalue weighted by atomic mass is 19.4. The number of rotatable bonds is 3. The van der Waals surface area contributed by atoms with E-state index in [1.54, 1.807) is 37.5 Å². The predicted molar refractivity (Wildman–Crippen MR) is 83.9 cm³/mol. The molecule has 0 atom stereocenters. The monoisotopic (exact) mass is 322 g/mol. The van der Waals surface area contributed by atoms with Gasteiger partial charge in [-0.1, -0.05) is 12.1 Å². The highest BCUT2D eigenvalue weighted by molar-refractivity contribution is 6.14. The molecule has 0 N–H and O–H groups in total. The van der Waals surface area contributed by atoms with Gasteiger partial charge in [0, 0.05) is 31.5 Å². The largest absolute Gasteiger partial charge is 0.416 e. The lowest BCUT2D eigenvalue weighted by molar-refractivity contribution is -0.137. The molecule has 1 aliphatic carbocycles. The van der Waals surface area contributed by atoms with Gasteiger partial charge in [-0.2, -0.15) is 18.3 Å². The molecule has 1 aromatic carbocycles. The van der Waals surface area contributed by atoms with E-state index in [2.05, 4.69) is 5.10 Å². The van der Waals surface area contributed by atoms with E-state index >= 15 is 0 Å². The van der Waals surface area contributed by atoms with Crippen LogP contribution in [0.4, 0.5) is 13.2 Å². The number of nitrogens with zero attached hydrogens (tertiary/aromatic N) is 2. The van der Waals surface area contributed by atoms with Crippen LogP contribution in [0.5, 0.6) is 0 Å². The van der Waals surface area contributed by atoms with Crippen molar-refractivity contribution >= 4 is 18.1 Å². The topological polar surface area (TPSA) is 32.7 Å². The second kappa shape index (κ2) is 6.81. The number of alkyl halides is 3. The molecule has 122 valence electrons. The summed E-state index contributed by atoms with van der Waals surface area (Å²) in [5.74, 6) is -0.0740. The number of halogens is 3. The quantitative estimate of drug-likeness (QED) is 0.480. The van der Waals surface area contributed by atoms with Gasteiger partial charge in [-0.05, 0) is 42.7 Å². The smallest absolute Gasteiger partial charge is 0.303 e. The first-order valence-corrected chi connectivity index (χ1v) is 7.10. The minimum atomic E-state index is -4.35. The van der Waals surface area contributed by atoms with Gasteiger partial charge in [-0.15, -0.1) is 0 Å². The second-order valence-corrected chi connectivity index (χ2v) is 5.42. The van der Waals surface area contributed by atoms with Crippen LogP contribution < -0.4 is 0 Å². The summed E-state index contributed by atoms with van der Waals surface area (Å²) in [5.41, 5.74) is 1.16. The van der Waals surface area contributed by atoms with Crippen molar-refractivity contribution in [1.82, 2.24) is 5.01 Å². The maximum atomic E-state index is 12.5. The average Bonchev–Trinajstić information content (AvgIpc) is 2.80. The van der Waals surface area contributed by atoms with Crippen molar-refractivity contribution in [2.75, 3.05) is 14.1 Å². The molecule has 0 amide bonds. The van der Waals surface area contributed by atoms with Gasteiger partial charge < -0.3 is 5.01 Å². The molecule has 3 nitrogen and oxygen atoms in total. The molecule has 0 saturated heterocycles. The van der Waals surface area contributed by atoms with Gasteiger partial charge in [0.05, 0.1) is 5.56 Å². The highest BCUT2D eigenvalue weighted by Gasteiger charge is 2.30. The Morgan fingerprint density at radius 2 is 1.70 bits per heavy atom. The third kappa shape index (κ3) is 4.55. The fraction of sp³-hybridized carbons (Fsp3) is 0.294. The number of allylic oxidation sites excluding steroid dienone is 3. The van der Waals surface area contributed by atoms with Crippen LogP contribution in [-0.2, 0) is 11.0 Å². The number of carbonyl (C=O) groups is 1. The van der Waals surface area contributed by atoms with E-state index in [-0.39, 0.29) is 5.78 Å². The van der Waals surface area contributed by atoms with E-state index < -0.39 is 11.7 Å². The van der Waals surface area contributed by atoms with Crippen molar-refractivity contribution in [2.45, 2.75) is 19.0 Å². The normalized spacial score (nSPS) is 19.3. The summed E-state index contributed by atoms with van der Waals surface area (Å²) in [7, 11) is 3.56. The molecule has 0 unspecified atom stereocenters. The third-order valence-corrected chi connectivity index (χ3v) is 3.40.